The summed E-state index contributed by atoms with van der Waals surface area (Å²) < 4.78 is 16.3. The van der Waals surface area contributed by atoms with Gasteiger partial charge in [0.2, 0.25) is 0 Å². The van der Waals surface area contributed by atoms with Crippen LogP contribution in [0, 0.1) is 5.92 Å². The lowest BCUT2D eigenvalue weighted by Crippen LogP contribution is -2.28. The molecule has 0 amide bonds. The number of allylic oxidation sites excluding steroid dienone is 1. The number of aliphatic hydroxyl groups is 1. The summed E-state index contributed by atoms with van der Waals surface area (Å²) in [5.74, 6) is 0.231. The second kappa shape index (κ2) is 30.0. The van der Waals surface area contributed by atoms with Gasteiger partial charge in [0.15, 0.2) is 6.10 Å². The van der Waals surface area contributed by atoms with Gasteiger partial charge in [-0.25, -0.2) is 0 Å². The van der Waals surface area contributed by atoms with Crippen LogP contribution in [-0.4, -0.2) is 48.6 Å². The van der Waals surface area contributed by atoms with E-state index in [-0.39, 0.29) is 25.2 Å². The first-order valence-electron chi connectivity index (χ1n) is 19.2. The van der Waals surface area contributed by atoms with E-state index in [0.717, 1.165) is 57.3 Å². The van der Waals surface area contributed by atoms with Crippen molar-refractivity contribution in [2.75, 3.05) is 13.2 Å². The van der Waals surface area contributed by atoms with E-state index in [2.05, 4.69) is 32.9 Å². The van der Waals surface area contributed by atoms with Crippen LogP contribution in [0.5, 0.6) is 0 Å². The highest BCUT2D eigenvalue weighted by molar-refractivity contribution is 5.70. The molecule has 3 atom stereocenters. The highest BCUT2D eigenvalue weighted by atomic mass is 16.6. The fourth-order valence-electron chi connectivity index (χ4n) is 5.86. The van der Waals surface area contributed by atoms with E-state index in [9.17, 15) is 14.7 Å². The van der Waals surface area contributed by atoms with Crippen molar-refractivity contribution in [1.29, 1.82) is 0 Å². The van der Waals surface area contributed by atoms with E-state index in [4.69, 9.17) is 14.2 Å². The van der Waals surface area contributed by atoms with Gasteiger partial charge in [0.25, 0.3) is 0 Å². The van der Waals surface area contributed by atoms with Crippen LogP contribution in [0.1, 0.15) is 188 Å². The molecular formula is C39H72O6. The van der Waals surface area contributed by atoms with Gasteiger partial charge in [-0.3, -0.25) is 9.59 Å². The fraction of sp³-hybridized carbons (Fsp3) is 0.897. The number of carbonyl (C=O) groups excluding carboxylic acids is 2. The molecule has 1 fully saturated rings. The second-order valence-corrected chi connectivity index (χ2v) is 13.9. The predicted octanol–water partition coefficient (Wildman–Crippen LogP) is 10.6. The van der Waals surface area contributed by atoms with Crippen molar-refractivity contribution in [3.05, 3.63) is 12.2 Å². The van der Waals surface area contributed by atoms with Gasteiger partial charge in [0.05, 0.1) is 18.8 Å². The minimum atomic E-state index is -0.775. The topological polar surface area (TPSA) is 85.4 Å². The molecule has 1 aliphatic heterocycles. The molecule has 1 heterocycles. The van der Waals surface area contributed by atoms with Crippen molar-refractivity contribution in [1.82, 2.24) is 0 Å². The number of aliphatic hydroxyl groups excluding tert-OH is 1. The normalized spacial score (nSPS) is 16.8. The first-order valence-corrected chi connectivity index (χ1v) is 19.2. The SMILES string of the molecule is CCCCCC1OC1C/C=C\CCCCCCCC(=O)OC[C@H](CO)OC(=O)CCCCCCCCCCCCCCC(C)C. The van der Waals surface area contributed by atoms with Crippen LogP contribution in [0.15, 0.2) is 12.2 Å². The second-order valence-electron chi connectivity index (χ2n) is 13.9. The summed E-state index contributed by atoms with van der Waals surface area (Å²) >= 11 is 0. The standard InChI is InChI=1S/C39H72O6/c1-4-5-22-28-36-37(45-36)29-24-19-15-12-13-16-20-25-30-38(41)43-33-35(32-40)44-39(42)31-26-21-17-11-9-7-6-8-10-14-18-23-27-34(2)3/h19,24,34-37,40H,4-18,20-23,25-33H2,1-3H3/b24-19-/t35-,36?,37?/m0/s1. The highest BCUT2D eigenvalue weighted by Gasteiger charge is 2.36. The van der Waals surface area contributed by atoms with Crippen LogP contribution in [0.4, 0.5) is 0 Å². The number of unbranched alkanes of at least 4 members (excludes halogenated alkanes) is 18. The summed E-state index contributed by atoms with van der Waals surface area (Å²) in [4.78, 5) is 24.2. The molecule has 0 aromatic heterocycles. The Morgan fingerprint density at radius 2 is 1.24 bits per heavy atom. The summed E-state index contributed by atoms with van der Waals surface area (Å²) in [6, 6.07) is 0. The molecule has 6 nitrogen and oxygen atoms in total. The van der Waals surface area contributed by atoms with Gasteiger partial charge in [-0.2, -0.15) is 0 Å². The highest BCUT2D eigenvalue weighted by Crippen LogP contribution is 2.30. The lowest BCUT2D eigenvalue weighted by molar-refractivity contribution is -0.161. The summed E-state index contributed by atoms with van der Waals surface area (Å²) in [6.07, 6.45) is 34.4. The van der Waals surface area contributed by atoms with Crippen LogP contribution >= 0.6 is 0 Å². The summed E-state index contributed by atoms with van der Waals surface area (Å²) in [7, 11) is 0. The number of hydrogen-bond donors (Lipinski definition) is 1. The lowest BCUT2D eigenvalue weighted by atomic mass is 10.0. The maximum absolute atomic E-state index is 12.2. The smallest absolute Gasteiger partial charge is 0.306 e. The van der Waals surface area contributed by atoms with Gasteiger partial charge in [0, 0.05) is 12.8 Å². The first kappa shape index (κ1) is 41.6. The van der Waals surface area contributed by atoms with Gasteiger partial charge in [-0.05, 0) is 44.4 Å². The van der Waals surface area contributed by atoms with Crippen LogP contribution < -0.4 is 0 Å². The molecule has 1 saturated heterocycles. The number of ether oxygens (including phenoxy) is 3. The average molecular weight is 637 g/mol. The molecule has 2 unspecified atom stereocenters. The molecule has 0 aromatic carbocycles. The third-order valence-corrected chi connectivity index (χ3v) is 8.91. The Morgan fingerprint density at radius 1 is 0.689 bits per heavy atom. The Hall–Kier alpha value is -1.40. The van der Waals surface area contributed by atoms with Crippen molar-refractivity contribution in [3.63, 3.8) is 0 Å². The fourth-order valence-corrected chi connectivity index (χ4v) is 5.86. The number of rotatable bonds is 33. The minimum Gasteiger partial charge on any atom is -0.462 e. The Kier molecular flexibility index (Phi) is 27.7. The van der Waals surface area contributed by atoms with Crippen molar-refractivity contribution in [3.8, 4) is 0 Å². The van der Waals surface area contributed by atoms with E-state index < -0.39 is 6.10 Å². The molecule has 0 bridgehead atoms. The molecular weight excluding hydrogens is 564 g/mol. The average Bonchev–Trinajstić information content (AvgIpc) is 3.78. The van der Waals surface area contributed by atoms with E-state index in [1.54, 1.807) is 0 Å². The summed E-state index contributed by atoms with van der Waals surface area (Å²) in [6.45, 7) is 6.44. The van der Waals surface area contributed by atoms with Crippen molar-refractivity contribution < 1.29 is 28.9 Å². The van der Waals surface area contributed by atoms with Crippen LogP contribution in [0.3, 0.4) is 0 Å². The number of hydrogen-bond acceptors (Lipinski definition) is 6. The third kappa shape index (κ3) is 27.4. The molecule has 45 heavy (non-hydrogen) atoms. The van der Waals surface area contributed by atoms with Gasteiger partial charge in [-0.15, -0.1) is 0 Å². The molecule has 0 aliphatic carbocycles. The zero-order chi connectivity index (χ0) is 32.8. The zero-order valence-corrected chi connectivity index (χ0v) is 29.8. The Labute approximate surface area is 277 Å². The Bertz CT molecular complexity index is 720. The van der Waals surface area contributed by atoms with E-state index in [0.29, 0.717) is 25.0 Å². The lowest BCUT2D eigenvalue weighted by Gasteiger charge is -2.15. The molecule has 0 spiro atoms. The van der Waals surface area contributed by atoms with Crippen molar-refractivity contribution in [2.45, 2.75) is 206 Å². The van der Waals surface area contributed by atoms with Gasteiger partial charge in [0.1, 0.15) is 6.61 Å². The Morgan fingerprint density at radius 3 is 1.82 bits per heavy atom. The van der Waals surface area contributed by atoms with Crippen LogP contribution in [0.2, 0.25) is 0 Å². The van der Waals surface area contributed by atoms with E-state index in [1.165, 1.54) is 103 Å². The molecule has 264 valence electrons. The zero-order valence-electron chi connectivity index (χ0n) is 29.8. The summed E-state index contributed by atoms with van der Waals surface area (Å²) in [5, 5.41) is 9.54. The number of carbonyl (C=O) groups is 2. The molecule has 0 saturated carbocycles. The largest absolute Gasteiger partial charge is 0.462 e. The maximum atomic E-state index is 12.2. The predicted molar refractivity (Wildman–Crippen MR) is 186 cm³/mol. The van der Waals surface area contributed by atoms with Crippen LogP contribution in [-0.2, 0) is 23.8 Å². The third-order valence-electron chi connectivity index (χ3n) is 8.91. The maximum Gasteiger partial charge on any atom is 0.306 e. The van der Waals surface area contributed by atoms with Gasteiger partial charge < -0.3 is 19.3 Å². The molecule has 0 aromatic rings. The number of esters is 2. The Balaban J connectivity index is 1.87. The molecule has 1 aliphatic rings. The summed E-state index contributed by atoms with van der Waals surface area (Å²) in [5.41, 5.74) is 0. The molecule has 1 rings (SSSR count). The monoisotopic (exact) mass is 637 g/mol. The molecule has 6 heteroatoms. The van der Waals surface area contributed by atoms with Gasteiger partial charge in [-0.1, -0.05) is 148 Å². The first-order chi connectivity index (χ1) is 22.0. The van der Waals surface area contributed by atoms with E-state index in [1.807, 2.05) is 0 Å². The molecule has 1 N–H and O–H groups in total. The number of epoxide rings is 1. The van der Waals surface area contributed by atoms with Crippen molar-refractivity contribution >= 4 is 11.9 Å². The van der Waals surface area contributed by atoms with Crippen molar-refractivity contribution in [2.24, 2.45) is 5.92 Å². The van der Waals surface area contributed by atoms with E-state index >= 15 is 0 Å². The quantitative estimate of drug-likeness (QED) is 0.0334. The van der Waals surface area contributed by atoms with Crippen LogP contribution in [0.25, 0.3) is 0 Å². The minimum absolute atomic E-state index is 0.0727. The molecule has 0 radical (unpaired) electrons. The van der Waals surface area contributed by atoms with Gasteiger partial charge >= 0.3 is 11.9 Å².